The van der Waals surface area contributed by atoms with Crippen molar-refractivity contribution in [2.45, 2.75) is 56.6 Å². The van der Waals surface area contributed by atoms with E-state index in [1.165, 1.54) is 21.3 Å². The molecule has 39 heavy (non-hydrogen) atoms. The van der Waals surface area contributed by atoms with Crippen LogP contribution < -0.4 is 5.32 Å². The third kappa shape index (κ3) is 7.48. The maximum absolute atomic E-state index is 13.4. The smallest absolute Gasteiger partial charge is 0.243 e. The van der Waals surface area contributed by atoms with Crippen LogP contribution in [0.25, 0.3) is 0 Å². The van der Waals surface area contributed by atoms with Gasteiger partial charge in [0.15, 0.2) is 0 Å². The largest absolute Gasteiger partial charge is 0.350 e. The summed E-state index contributed by atoms with van der Waals surface area (Å²) in [5, 5.41) is 2.85. The summed E-state index contributed by atoms with van der Waals surface area (Å²) in [4.78, 5) is 32.1. The van der Waals surface area contributed by atoms with E-state index in [1.807, 2.05) is 6.07 Å². The number of carbonyl (C=O) groups excluding carboxylic acids is 2. The number of amides is 2. The lowest BCUT2D eigenvalue weighted by molar-refractivity contribution is -0.140. The zero-order chi connectivity index (χ0) is 27.8. The second kappa shape index (κ2) is 12.9. The minimum absolute atomic E-state index is 0.125. The monoisotopic (exact) mass is 552 g/mol. The van der Waals surface area contributed by atoms with E-state index in [1.54, 1.807) is 61.8 Å². The number of benzene rings is 2. The molecule has 1 aromatic heterocycles. The molecule has 8 nitrogen and oxygen atoms in total. The third-order valence-corrected chi connectivity index (χ3v) is 8.79. The lowest BCUT2D eigenvalue weighted by Crippen LogP contribution is -2.47. The predicted molar refractivity (Wildman–Crippen MR) is 145 cm³/mol. The van der Waals surface area contributed by atoms with Crippen molar-refractivity contribution in [1.82, 2.24) is 19.5 Å². The van der Waals surface area contributed by atoms with Gasteiger partial charge in [0.05, 0.1) is 4.90 Å². The molecule has 1 saturated heterocycles. The normalized spacial score (nSPS) is 14.6. The van der Waals surface area contributed by atoms with E-state index in [2.05, 4.69) is 10.3 Å². The highest BCUT2D eigenvalue weighted by Gasteiger charge is 2.28. The van der Waals surface area contributed by atoms with E-state index in [0.717, 1.165) is 24.0 Å². The summed E-state index contributed by atoms with van der Waals surface area (Å²) < 4.78 is 40.5. The van der Waals surface area contributed by atoms with Crippen LogP contribution in [0.1, 0.15) is 42.9 Å². The number of pyridine rings is 1. The first-order valence-electron chi connectivity index (χ1n) is 13.0. The van der Waals surface area contributed by atoms with Crippen molar-refractivity contribution in [3.63, 3.8) is 0 Å². The van der Waals surface area contributed by atoms with Gasteiger partial charge in [-0.15, -0.1) is 0 Å². The summed E-state index contributed by atoms with van der Waals surface area (Å²) >= 11 is 0. The number of hydrogen-bond acceptors (Lipinski definition) is 5. The molecular formula is C29H33FN4O4S. The van der Waals surface area contributed by atoms with E-state index < -0.39 is 16.1 Å². The second-order valence-electron chi connectivity index (χ2n) is 9.66. The highest BCUT2D eigenvalue weighted by Crippen LogP contribution is 2.22. The Hall–Kier alpha value is -3.63. The number of aryl methyl sites for hydroxylation is 1. The van der Waals surface area contributed by atoms with Gasteiger partial charge in [0, 0.05) is 45.0 Å². The van der Waals surface area contributed by atoms with Crippen LogP contribution in [0.15, 0.2) is 78.0 Å². The summed E-state index contributed by atoms with van der Waals surface area (Å²) in [5.74, 6) is -0.933. The van der Waals surface area contributed by atoms with Crippen LogP contribution in [-0.4, -0.2) is 53.6 Å². The van der Waals surface area contributed by atoms with Crippen molar-refractivity contribution in [2.24, 2.45) is 0 Å². The van der Waals surface area contributed by atoms with E-state index in [-0.39, 0.29) is 42.0 Å². The number of nitrogens with zero attached hydrogens (tertiary/aromatic N) is 3. The zero-order valence-corrected chi connectivity index (χ0v) is 22.7. The summed E-state index contributed by atoms with van der Waals surface area (Å²) in [5.41, 5.74) is 2.36. The number of sulfonamides is 1. The Morgan fingerprint density at radius 1 is 1.00 bits per heavy atom. The molecule has 0 aliphatic carbocycles. The number of carbonyl (C=O) groups is 2. The van der Waals surface area contributed by atoms with E-state index in [0.29, 0.717) is 25.1 Å². The van der Waals surface area contributed by atoms with Crippen molar-refractivity contribution in [1.29, 1.82) is 0 Å². The molecule has 1 atom stereocenters. The molecule has 2 heterocycles. The average Bonchev–Trinajstić information content (AvgIpc) is 3.51. The van der Waals surface area contributed by atoms with Crippen LogP contribution in [0.3, 0.4) is 0 Å². The van der Waals surface area contributed by atoms with Crippen molar-refractivity contribution in [3.05, 3.63) is 95.6 Å². The summed E-state index contributed by atoms with van der Waals surface area (Å²) in [6.45, 7) is 3.17. The maximum Gasteiger partial charge on any atom is 0.243 e. The van der Waals surface area contributed by atoms with E-state index >= 15 is 0 Å². The van der Waals surface area contributed by atoms with Gasteiger partial charge in [0.25, 0.3) is 0 Å². The molecule has 0 spiro atoms. The van der Waals surface area contributed by atoms with Crippen molar-refractivity contribution in [2.75, 3.05) is 13.1 Å². The molecule has 3 aromatic rings. The molecule has 1 aliphatic heterocycles. The topological polar surface area (TPSA) is 99.7 Å². The van der Waals surface area contributed by atoms with Gasteiger partial charge in [-0.05, 0) is 73.2 Å². The Bertz CT molecular complexity index is 1360. The van der Waals surface area contributed by atoms with Crippen LogP contribution in [0, 0.1) is 5.82 Å². The third-order valence-electron chi connectivity index (χ3n) is 6.88. The highest BCUT2D eigenvalue weighted by molar-refractivity contribution is 7.89. The fourth-order valence-corrected chi connectivity index (χ4v) is 6.03. The Balaban J connectivity index is 1.42. The van der Waals surface area contributed by atoms with E-state index in [4.69, 9.17) is 0 Å². The molecule has 0 saturated carbocycles. The second-order valence-corrected chi connectivity index (χ2v) is 11.6. The molecule has 2 amide bonds. The summed E-state index contributed by atoms with van der Waals surface area (Å²) in [7, 11) is -3.50. The average molecular weight is 553 g/mol. The van der Waals surface area contributed by atoms with Crippen LogP contribution in [0.4, 0.5) is 4.39 Å². The van der Waals surface area contributed by atoms with Crippen LogP contribution in [0.5, 0.6) is 0 Å². The minimum atomic E-state index is -3.50. The Morgan fingerprint density at radius 3 is 2.31 bits per heavy atom. The van der Waals surface area contributed by atoms with E-state index in [9.17, 15) is 22.4 Å². The Morgan fingerprint density at radius 2 is 1.67 bits per heavy atom. The van der Waals surface area contributed by atoms with Crippen molar-refractivity contribution in [3.8, 4) is 0 Å². The number of aromatic nitrogens is 1. The predicted octanol–water partition coefficient (Wildman–Crippen LogP) is 3.67. The Kier molecular flexibility index (Phi) is 9.42. The molecule has 10 heteroatoms. The van der Waals surface area contributed by atoms with Gasteiger partial charge in [0.2, 0.25) is 21.8 Å². The first-order valence-corrected chi connectivity index (χ1v) is 14.5. The number of halogens is 1. The highest BCUT2D eigenvalue weighted by atomic mass is 32.2. The number of rotatable bonds is 11. The lowest BCUT2D eigenvalue weighted by Gasteiger charge is -2.29. The van der Waals surface area contributed by atoms with Crippen molar-refractivity contribution >= 4 is 21.8 Å². The zero-order valence-electron chi connectivity index (χ0n) is 21.9. The minimum Gasteiger partial charge on any atom is -0.350 e. The summed E-state index contributed by atoms with van der Waals surface area (Å²) in [6.07, 6.45) is 5.55. The van der Waals surface area contributed by atoms with Gasteiger partial charge >= 0.3 is 0 Å². The number of hydrogen-bond donors (Lipinski definition) is 1. The molecule has 1 fully saturated rings. The van der Waals surface area contributed by atoms with Crippen LogP contribution >= 0.6 is 0 Å². The molecule has 1 aliphatic rings. The molecule has 4 rings (SSSR count). The fraction of sp³-hybridized carbons (Fsp3) is 0.345. The number of nitrogens with one attached hydrogen (secondary N) is 1. The SMILES string of the molecule is C[C@@H](C(=O)NCc1cccnc1)N(Cc1ccc(F)cc1)C(=O)CCc1ccc(S(=O)(=O)N2CCCC2)cc1. The molecule has 0 radical (unpaired) electrons. The first-order chi connectivity index (χ1) is 18.7. The van der Waals surface area contributed by atoms with Gasteiger partial charge in [-0.1, -0.05) is 30.3 Å². The van der Waals surface area contributed by atoms with Gasteiger partial charge in [-0.2, -0.15) is 4.31 Å². The molecule has 0 unspecified atom stereocenters. The van der Waals surface area contributed by atoms with Gasteiger partial charge < -0.3 is 10.2 Å². The molecule has 1 N–H and O–H groups in total. The lowest BCUT2D eigenvalue weighted by atomic mass is 10.1. The Labute approximate surface area is 228 Å². The molecule has 2 aromatic carbocycles. The van der Waals surface area contributed by atoms with Crippen molar-refractivity contribution < 1.29 is 22.4 Å². The van der Waals surface area contributed by atoms with Crippen LogP contribution in [-0.2, 0) is 39.1 Å². The molecule has 206 valence electrons. The first kappa shape index (κ1) is 28.4. The molecule has 0 bridgehead atoms. The standard InChI is InChI=1S/C29H33FN4O4S/c1-22(29(36)32-20-25-5-4-16-31-19-25)34(21-24-6-11-26(30)12-7-24)28(35)15-10-23-8-13-27(14-9-23)39(37,38)33-17-2-3-18-33/h4-9,11-14,16,19,22H,2-3,10,15,17-18,20-21H2,1H3,(H,32,36)/t22-/m0/s1. The van der Waals surface area contributed by atoms with Gasteiger partial charge in [-0.25, -0.2) is 12.8 Å². The summed E-state index contributed by atoms with van der Waals surface area (Å²) in [6, 6.07) is 15.3. The van der Waals surface area contributed by atoms with Gasteiger partial charge in [-0.3, -0.25) is 14.6 Å². The van der Waals surface area contributed by atoms with Crippen LogP contribution in [0.2, 0.25) is 0 Å². The van der Waals surface area contributed by atoms with Gasteiger partial charge in [0.1, 0.15) is 11.9 Å². The molecular weight excluding hydrogens is 519 g/mol. The quantitative estimate of drug-likeness (QED) is 0.391. The maximum atomic E-state index is 13.4. The fourth-order valence-electron chi connectivity index (χ4n) is 4.51.